The molecule has 0 fully saturated rings. The van der Waals surface area contributed by atoms with E-state index in [9.17, 15) is 4.39 Å². The summed E-state index contributed by atoms with van der Waals surface area (Å²) in [5, 5.41) is 0. The standard InChI is InChI=1S/C12H6BrFN2O/c13-10-5-4-9-11(15-10)16-12(17-9)7-2-1-3-8(14)6-7/h1-6H. The van der Waals surface area contributed by atoms with E-state index in [-0.39, 0.29) is 5.82 Å². The monoisotopic (exact) mass is 292 g/mol. The van der Waals surface area contributed by atoms with Crippen LogP contribution in [0.25, 0.3) is 22.7 Å². The van der Waals surface area contributed by atoms with Crippen LogP contribution in [0.4, 0.5) is 4.39 Å². The zero-order chi connectivity index (χ0) is 11.8. The molecule has 0 saturated carbocycles. The van der Waals surface area contributed by atoms with Gasteiger partial charge < -0.3 is 4.42 Å². The van der Waals surface area contributed by atoms with Crippen LogP contribution in [-0.4, -0.2) is 9.97 Å². The van der Waals surface area contributed by atoms with Crippen molar-refractivity contribution < 1.29 is 8.81 Å². The van der Waals surface area contributed by atoms with E-state index < -0.39 is 0 Å². The lowest BCUT2D eigenvalue weighted by Crippen LogP contribution is -1.80. The lowest BCUT2D eigenvalue weighted by atomic mass is 10.2. The summed E-state index contributed by atoms with van der Waals surface area (Å²) in [4.78, 5) is 8.37. The van der Waals surface area contributed by atoms with Gasteiger partial charge in [-0.25, -0.2) is 9.37 Å². The van der Waals surface area contributed by atoms with E-state index in [1.807, 2.05) is 0 Å². The molecule has 0 unspecified atom stereocenters. The van der Waals surface area contributed by atoms with Crippen molar-refractivity contribution in [1.82, 2.24) is 9.97 Å². The average molecular weight is 293 g/mol. The van der Waals surface area contributed by atoms with Gasteiger partial charge >= 0.3 is 0 Å². The summed E-state index contributed by atoms with van der Waals surface area (Å²) in [6, 6.07) is 9.64. The molecule has 2 aromatic heterocycles. The molecule has 0 aliphatic rings. The lowest BCUT2D eigenvalue weighted by molar-refractivity contribution is 0.611. The highest BCUT2D eigenvalue weighted by Gasteiger charge is 2.09. The van der Waals surface area contributed by atoms with Crippen LogP contribution in [0.1, 0.15) is 0 Å². The molecule has 0 aliphatic carbocycles. The zero-order valence-corrected chi connectivity index (χ0v) is 10.1. The summed E-state index contributed by atoms with van der Waals surface area (Å²) in [5.74, 6) is 0.0454. The molecule has 2 heterocycles. The second kappa shape index (κ2) is 3.92. The minimum atomic E-state index is -0.320. The Bertz CT molecular complexity index is 696. The summed E-state index contributed by atoms with van der Waals surface area (Å²) < 4.78 is 19.3. The topological polar surface area (TPSA) is 38.9 Å². The molecule has 0 radical (unpaired) electrons. The first-order chi connectivity index (χ1) is 8.22. The second-order valence-corrected chi connectivity index (χ2v) is 4.30. The van der Waals surface area contributed by atoms with Crippen molar-refractivity contribution in [2.24, 2.45) is 0 Å². The Morgan fingerprint density at radius 1 is 1.12 bits per heavy atom. The number of pyridine rings is 1. The molecular formula is C12H6BrFN2O. The number of fused-ring (bicyclic) bond motifs is 1. The van der Waals surface area contributed by atoms with Gasteiger partial charge in [0.2, 0.25) is 5.89 Å². The van der Waals surface area contributed by atoms with E-state index >= 15 is 0 Å². The molecular weight excluding hydrogens is 287 g/mol. The Hall–Kier alpha value is -1.75. The number of aromatic nitrogens is 2. The van der Waals surface area contributed by atoms with E-state index in [1.165, 1.54) is 12.1 Å². The lowest BCUT2D eigenvalue weighted by Gasteiger charge is -1.93. The minimum Gasteiger partial charge on any atom is -0.434 e. The van der Waals surface area contributed by atoms with Gasteiger partial charge in [-0.2, -0.15) is 4.98 Å². The van der Waals surface area contributed by atoms with Gasteiger partial charge in [0, 0.05) is 5.56 Å². The van der Waals surface area contributed by atoms with Crippen molar-refractivity contribution in [1.29, 1.82) is 0 Å². The normalized spacial score (nSPS) is 10.9. The Morgan fingerprint density at radius 3 is 2.82 bits per heavy atom. The fourth-order valence-electron chi connectivity index (χ4n) is 1.54. The van der Waals surface area contributed by atoms with Crippen LogP contribution >= 0.6 is 15.9 Å². The van der Waals surface area contributed by atoms with Crippen molar-refractivity contribution in [2.75, 3.05) is 0 Å². The summed E-state index contributed by atoms with van der Waals surface area (Å²) in [6.07, 6.45) is 0. The predicted octanol–water partition coefficient (Wildman–Crippen LogP) is 3.79. The van der Waals surface area contributed by atoms with Crippen LogP contribution in [0, 0.1) is 5.82 Å². The van der Waals surface area contributed by atoms with Gasteiger partial charge in [-0.3, -0.25) is 0 Å². The minimum absolute atomic E-state index is 0.320. The van der Waals surface area contributed by atoms with E-state index in [1.54, 1.807) is 24.3 Å². The molecule has 0 bridgehead atoms. The summed E-state index contributed by atoms with van der Waals surface area (Å²) >= 11 is 3.26. The first-order valence-electron chi connectivity index (χ1n) is 4.91. The Kier molecular flexibility index (Phi) is 2.40. The average Bonchev–Trinajstić information content (AvgIpc) is 2.72. The third-order valence-corrected chi connectivity index (χ3v) is 2.73. The third kappa shape index (κ3) is 1.93. The molecule has 0 saturated heterocycles. The predicted molar refractivity (Wildman–Crippen MR) is 64.9 cm³/mol. The number of oxazole rings is 1. The van der Waals surface area contributed by atoms with Gasteiger partial charge in [-0.15, -0.1) is 0 Å². The van der Waals surface area contributed by atoms with Crippen LogP contribution in [0.3, 0.4) is 0 Å². The van der Waals surface area contributed by atoms with Crippen LogP contribution in [0.2, 0.25) is 0 Å². The van der Waals surface area contributed by atoms with E-state index in [0.717, 1.165) is 0 Å². The van der Waals surface area contributed by atoms with E-state index in [0.29, 0.717) is 27.3 Å². The molecule has 3 aromatic rings. The maximum Gasteiger partial charge on any atom is 0.228 e. The van der Waals surface area contributed by atoms with Gasteiger partial charge in [0.05, 0.1) is 0 Å². The molecule has 1 aromatic carbocycles. The van der Waals surface area contributed by atoms with Crippen LogP contribution in [0.5, 0.6) is 0 Å². The molecule has 5 heteroatoms. The van der Waals surface area contributed by atoms with Crippen LogP contribution in [0.15, 0.2) is 45.4 Å². The van der Waals surface area contributed by atoms with Crippen molar-refractivity contribution >= 4 is 27.2 Å². The van der Waals surface area contributed by atoms with E-state index in [4.69, 9.17) is 4.42 Å². The summed E-state index contributed by atoms with van der Waals surface area (Å²) in [5.41, 5.74) is 1.67. The third-order valence-electron chi connectivity index (χ3n) is 2.29. The second-order valence-electron chi connectivity index (χ2n) is 3.49. The van der Waals surface area contributed by atoms with Gasteiger partial charge in [0.15, 0.2) is 11.2 Å². The smallest absolute Gasteiger partial charge is 0.228 e. The number of rotatable bonds is 1. The van der Waals surface area contributed by atoms with Gasteiger partial charge in [0.25, 0.3) is 0 Å². The summed E-state index contributed by atoms with van der Waals surface area (Å²) in [6.45, 7) is 0. The van der Waals surface area contributed by atoms with Crippen molar-refractivity contribution in [3.05, 3.63) is 46.8 Å². The van der Waals surface area contributed by atoms with Crippen LogP contribution in [-0.2, 0) is 0 Å². The first-order valence-corrected chi connectivity index (χ1v) is 5.71. The number of halogens is 2. The maximum absolute atomic E-state index is 13.1. The fourth-order valence-corrected chi connectivity index (χ4v) is 1.84. The molecule has 3 nitrogen and oxygen atoms in total. The number of benzene rings is 1. The van der Waals surface area contributed by atoms with E-state index in [2.05, 4.69) is 25.9 Å². The Labute approximate surface area is 104 Å². The highest BCUT2D eigenvalue weighted by atomic mass is 79.9. The van der Waals surface area contributed by atoms with Gasteiger partial charge in [0.1, 0.15) is 10.4 Å². The Morgan fingerprint density at radius 2 is 2.00 bits per heavy atom. The molecule has 0 amide bonds. The van der Waals surface area contributed by atoms with Crippen molar-refractivity contribution in [3.8, 4) is 11.5 Å². The number of hydrogen-bond acceptors (Lipinski definition) is 3. The number of hydrogen-bond donors (Lipinski definition) is 0. The molecule has 3 rings (SSSR count). The maximum atomic E-state index is 13.1. The highest BCUT2D eigenvalue weighted by Crippen LogP contribution is 2.24. The fraction of sp³-hybridized carbons (Fsp3) is 0. The molecule has 0 N–H and O–H groups in total. The Balaban J connectivity index is 2.18. The summed E-state index contributed by atoms with van der Waals surface area (Å²) in [7, 11) is 0. The molecule has 0 atom stereocenters. The molecule has 0 spiro atoms. The molecule has 0 aliphatic heterocycles. The largest absolute Gasteiger partial charge is 0.434 e. The quantitative estimate of drug-likeness (QED) is 0.641. The number of nitrogens with zero attached hydrogens (tertiary/aromatic N) is 2. The van der Waals surface area contributed by atoms with Crippen molar-refractivity contribution in [2.45, 2.75) is 0 Å². The van der Waals surface area contributed by atoms with Crippen LogP contribution < -0.4 is 0 Å². The van der Waals surface area contributed by atoms with Gasteiger partial charge in [-0.1, -0.05) is 6.07 Å². The molecule has 84 valence electrons. The SMILES string of the molecule is Fc1cccc(-c2nc3nc(Br)ccc3o2)c1. The first kappa shape index (κ1) is 10.4. The van der Waals surface area contributed by atoms with Crippen molar-refractivity contribution in [3.63, 3.8) is 0 Å². The highest BCUT2D eigenvalue weighted by molar-refractivity contribution is 9.10. The van der Waals surface area contributed by atoms with Gasteiger partial charge in [-0.05, 0) is 46.3 Å². The molecule has 17 heavy (non-hydrogen) atoms. The zero-order valence-electron chi connectivity index (χ0n) is 8.52.